The Hall–Kier alpha value is -1.35. The molecular weight excluding hydrogens is 224 g/mol. The van der Waals surface area contributed by atoms with E-state index in [2.05, 4.69) is 31.3 Å². The molecule has 2 rings (SSSR count). The number of carbonyl (C=O) groups is 1. The van der Waals surface area contributed by atoms with Gasteiger partial charge in [0.15, 0.2) is 0 Å². The monoisotopic (exact) mass is 246 g/mol. The van der Waals surface area contributed by atoms with E-state index in [1.165, 1.54) is 5.56 Å². The fourth-order valence-corrected chi connectivity index (χ4v) is 2.17. The van der Waals surface area contributed by atoms with Crippen molar-refractivity contribution in [3.8, 4) is 0 Å². The molecule has 1 aliphatic rings. The van der Waals surface area contributed by atoms with Gasteiger partial charge in [0.1, 0.15) is 0 Å². The highest BCUT2D eigenvalue weighted by Crippen LogP contribution is 2.30. The summed E-state index contributed by atoms with van der Waals surface area (Å²) in [5, 5.41) is 2.90. The number of nitrogens with two attached hydrogens (primary N) is 1. The van der Waals surface area contributed by atoms with Gasteiger partial charge < -0.3 is 11.1 Å². The van der Waals surface area contributed by atoms with E-state index in [0.717, 1.165) is 31.4 Å². The molecule has 3 nitrogen and oxygen atoms in total. The van der Waals surface area contributed by atoms with Crippen molar-refractivity contribution in [2.75, 3.05) is 5.32 Å². The molecule has 0 spiro atoms. The van der Waals surface area contributed by atoms with Crippen LogP contribution in [0.1, 0.15) is 51.0 Å². The summed E-state index contributed by atoms with van der Waals surface area (Å²) in [5.41, 5.74) is 7.50. The number of benzene rings is 1. The first-order valence-corrected chi connectivity index (χ1v) is 6.75. The molecule has 0 heterocycles. The molecule has 0 saturated heterocycles. The predicted octanol–water partition coefficient (Wildman–Crippen LogP) is 3.02. The molecule has 1 aromatic rings. The van der Waals surface area contributed by atoms with Gasteiger partial charge >= 0.3 is 0 Å². The van der Waals surface area contributed by atoms with Crippen LogP contribution in [0.4, 0.5) is 5.69 Å². The molecule has 1 aromatic carbocycles. The van der Waals surface area contributed by atoms with E-state index in [4.69, 9.17) is 5.73 Å². The van der Waals surface area contributed by atoms with Gasteiger partial charge in [-0.15, -0.1) is 0 Å². The normalized spacial score (nSPS) is 18.8. The number of anilines is 1. The minimum absolute atomic E-state index is 0.0509. The first-order chi connectivity index (χ1) is 8.55. The number of hydrogen-bond donors (Lipinski definition) is 2. The predicted molar refractivity (Wildman–Crippen MR) is 74.5 cm³/mol. The summed E-state index contributed by atoms with van der Waals surface area (Å²) in [6, 6.07) is 8.07. The lowest BCUT2D eigenvalue weighted by atomic mass is 9.77. The molecule has 1 saturated carbocycles. The number of amides is 1. The Labute approximate surface area is 109 Å². The Kier molecular flexibility index (Phi) is 3.71. The quantitative estimate of drug-likeness (QED) is 0.858. The summed E-state index contributed by atoms with van der Waals surface area (Å²) in [6.07, 6.45) is 3.77. The highest BCUT2D eigenvalue weighted by Gasteiger charge is 2.40. The maximum Gasteiger partial charge on any atom is 0.244 e. The summed E-state index contributed by atoms with van der Waals surface area (Å²) >= 11 is 0. The summed E-state index contributed by atoms with van der Waals surface area (Å²) in [6.45, 7) is 4.38. The molecule has 3 heteroatoms. The zero-order valence-electron chi connectivity index (χ0n) is 11.2. The van der Waals surface area contributed by atoms with Gasteiger partial charge in [-0.3, -0.25) is 4.79 Å². The number of rotatable bonds is 4. The van der Waals surface area contributed by atoms with E-state index < -0.39 is 5.54 Å². The molecule has 1 unspecified atom stereocenters. The Morgan fingerprint density at radius 3 is 2.44 bits per heavy atom. The van der Waals surface area contributed by atoms with E-state index in [1.807, 2.05) is 12.1 Å². The topological polar surface area (TPSA) is 55.1 Å². The van der Waals surface area contributed by atoms with Crippen molar-refractivity contribution in [1.29, 1.82) is 0 Å². The summed E-state index contributed by atoms with van der Waals surface area (Å²) in [5.74, 6) is 0.507. The summed E-state index contributed by atoms with van der Waals surface area (Å²) in [4.78, 5) is 12.0. The lowest BCUT2D eigenvalue weighted by molar-refractivity contribution is -0.123. The fraction of sp³-hybridized carbons (Fsp3) is 0.533. The lowest BCUT2D eigenvalue weighted by Crippen LogP contribution is -2.56. The SMILES string of the molecule is CCC(C)c1ccc(NC(=O)C2(N)CCC2)cc1. The molecule has 1 fully saturated rings. The second-order valence-electron chi connectivity index (χ2n) is 5.40. The van der Waals surface area contributed by atoms with Crippen LogP contribution >= 0.6 is 0 Å². The van der Waals surface area contributed by atoms with Crippen LogP contribution in [0.5, 0.6) is 0 Å². The summed E-state index contributed by atoms with van der Waals surface area (Å²) < 4.78 is 0. The van der Waals surface area contributed by atoms with Gasteiger partial charge in [0.2, 0.25) is 5.91 Å². The van der Waals surface area contributed by atoms with Crippen molar-refractivity contribution in [3.05, 3.63) is 29.8 Å². The van der Waals surface area contributed by atoms with Gasteiger partial charge in [0, 0.05) is 5.69 Å². The Bertz CT molecular complexity index is 421. The standard InChI is InChI=1S/C15H22N2O/c1-3-11(2)12-5-7-13(8-6-12)17-14(18)15(16)9-4-10-15/h5-8,11H,3-4,9-10,16H2,1-2H3,(H,17,18). The van der Waals surface area contributed by atoms with Crippen LogP contribution in [0.3, 0.4) is 0 Å². The van der Waals surface area contributed by atoms with E-state index in [0.29, 0.717) is 5.92 Å². The molecule has 0 aliphatic heterocycles. The van der Waals surface area contributed by atoms with Crippen molar-refractivity contribution in [3.63, 3.8) is 0 Å². The molecule has 1 amide bonds. The second-order valence-corrected chi connectivity index (χ2v) is 5.40. The van der Waals surface area contributed by atoms with Gasteiger partial charge in [0.05, 0.1) is 5.54 Å². The fourth-order valence-electron chi connectivity index (χ4n) is 2.17. The third kappa shape index (κ3) is 2.56. The minimum Gasteiger partial charge on any atom is -0.324 e. The molecule has 0 bridgehead atoms. The van der Waals surface area contributed by atoms with Crippen LogP contribution in [0.15, 0.2) is 24.3 Å². The largest absolute Gasteiger partial charge is 0.324 e. The Morgan fingerprint density at radius 2 is 2.00 bits per heavy atom. The van der Waals surface area contributed by atoms with Gasteiger partial charge in [-0.05, 0) is 49.3 Å². The van der Waals surface area contributed by atoms with Gasteiger partial charge in [0.25, 0.3) is 0 Å². The maximum atomic E-state index is 12.0. The first kappa shape index (κ1) is 13.1. The van der Waals surface area contributed by atoms with Gasteiger partial charge in [-0.25, -0.2) is 0 Å². The van der Waals surface area contributed by atoms with Crippen molar-refractivity contribution in [1.82, 2.24) is 0 Å². The van der Waals surface area contributed by atoms with Crippen LogP contribution in [-0.2, 0) is 4.79 Å². The average Bonchev–Trinajstić information content (AvgIpc) is 2.35. The van der Waals surface area contributed by atoms with Crippen molar-refractivity contribution in [2.24, 2.45) is 5.73 Å². The van der Waals surface area contributed by atoms with Crippen LogP contribution in [-0.4, -0.2) is 11.4 Å². The third-order valence-corrected chi connectivity index (χ3v) is 4.05. The van der Waals surface area contributed by atoms with E-state index in [1.54, 1.807) is 0 Å². The second kappa shape index (κ2) is 5.11. The van der Waals surface area contributed by atoms with Crippen LogP contribution in [0, 0.1) is 0 Å². The van der Waals surface area contributed by atoms with Crippen LogP contribution in [0.25, 0.3) is 0 Å². The Morgan fingerprint density at radius 1 is 1.39 bits per heavy atom. The van der Waals surface area contributed by atoms with E-state index in [-0.39, 0.29) is 5.91 Å². The minimum atomic E-state index is -0.630. The smallest absolute Gasteiger partial charge is 0.244 e. The number of carbonyl (C=O) groups excluding carboxylic acids is 1. The highest BCUT2D eigenvalue weighted by molar-refractivity contribution is 5.98. The molecular formula is C15H22N2O. The van der Waals surface area contributed by atoms with Crippen molar-refractivity contribution >= 4 is 11.6 Å². The van der Waals surface area contributed by atoms with Gasteiger partial charge in [-0.1, -0.05) is 26.0 Å². The number of nitrogens with one attached hydrogen (secondary N) is 1. The Balaban J connectivity index is 2.00. The molecule has 98 valence electrons. The van der Waals surface area contributed by atoms with Crippen molar-refractivity contribution in [2.45, 2.75) is 51.0 Å². The van der Waals surface area contributed by atoms with Crippen molar-refractivity contribution < 1.29 is 4.79 Å². The highest BCUT2D eigenvalue weighted by atomic mass is 16.2. The average molecular weight is 246 g/mol. The maximum absolute atomic E-state index is 12.0. The zero-order valence-corrected chi connectivity index (χ0v) is 11.2. The molecule has 0 aromatic heterocycles. The number of hydrogen-bond acceptors (Lipinski definition) is 2. The van der Waals surface area contributed by atoms with E-state index >= 15 is 0 Å². The third-order valence-electron chi connectivity index (χ3n) is 4.05. The summed E-state index contributed by atoms with van der Waals surface area (Å²) in [7, 11) is 0. The van der Waals surface area contributed by atoms with Crippen LogP contribution in [0.2, 0.25) is 0 Å². The van der Waals surface area contributed by atoms with E-state index in [9.17, 15) is 4.79 Å². The van der Waals surface area contributed by atoms with Crippen LogP contribution < -0.4 is 11.1 Å². The molecule has 18 heavy (non-hydrogen) atoms. The first-order valence-electron chi connectivity index (χ1n) is 6.75. The molecule has 1 aliphatic carbocycles. The molecule has 1 atom stereocenters. The van der Waals surface area contributed by atoms with Gasteiger partial charge in [-0.2, -0.15) is 0 Å². The zero-order chi connectivity index (χ0) is 13.2. The molecule has 0 radical (unpaired) electrons. The molecule has 3 N–H and O–H groups in total. The lowest BCUT2D eigenvalue weighted by Gasteiger charge is -2.36.